The van der Waals surface area contributed by atoms with Crippen LogP contribution in [0.3, 0.4) is 0 Å². The molecule has 2 aromatic heterocycles. The predicted molar refractivity (Wildman–Crippen MR) is 156 cm³/mol. The highest BCUT2D eigenvalue weighted by molar-refractivity contribution is 5.95. The highest BCUT2D eigenvalue weighted by Gasteiger charge is 2.36. The minimum Gasteiger partial charge on any atom is -0.477 e. The molecule has 0 spiro atoms. The number of carboxylic acids is 1. The molecule has 0 unspecified atom stereocenters. The third kappa shape index (κ3) is 5.62. The van der Waals surface area contributed by atoms with Crippen LogP contribution in [0.1, 0.15) is 45.2 Å². The number of aryl methyl sites for hydroxylation is 3. The fourth-order valence-corrected chi connectivity index (χ4v) is 5.25. The van der Waals surface area contributed by atoms with Gasteiger partial charge in [-0.3, -0.25) is 4.79 Å². The number of benzene rings is 3. The molecule has 0 aliphatic heterocycles. The van der Waals surface area contributed by atoms with Gasteiger partial charge in [0.2, 0.25) is 0 Å². The van der Waals surface area contributed by atoms with Crippen LogP contribution in [0.25, 0.3) is 22.2 Å². The summed E-state index contributed by atoms with van der Waals surface area (Å²) in [7, 11) is 0. The van der Waals surface area contributed by atoms with Crippen LogP contribution >= 0.6 is 0 Å². The monoisotopic (exact) mass is 585 g/mol. The zero-order valence-electron chi connectivity index (χ0n) is 23.5. The van der Waals surface area contributed by atoms with Crippen LogP contribution in [0.5, 0.6) is 11.5 Å². The first-order chi connectivity index (χ1) is 20.4. The fraction of sp³-hybridized carbons (Fsp3) is 0.182. The lowest BCUT2D eigenvalue weighted by Crippen LogP contribution is -2.29. The third-order valence-corrected chi connectivity index (χ3v) is 7.32. The van der Waals surface area contributed by atoms with Crippen LogP contribution in [-0.2, 0) is 19.3 Å². The molecule has 0 saturated heterocycles. The Kier molecular flexibility index (Phi) is 7.59. The van der Waals surface area contributed by atoms with Crippen molar-refractivity contribution in [2.24, 2.45) is 0 Å². The maximum Gasteiger partial charge on any atom is 0.417 e. The first kappa shape index (κ1) is 29.2. The van der Waals surface area contributed by atoms with E-state index in [1.807, 2.05) is 39.0 Å². The highest BCUT2D eigenvalue weighted by Crippen LogP contribution is 2.35. The minimum atomic E-state index is -4.93. The van der Waals surface area contributed by atoms with Crippen molar-refractivity contribution < 1.29 is 27.8 Å². The van der Waals surface area contributed by atoms with Crippen LogP contribution in [0.4, 0.5) is 13.2 Å². The number of nitriles is 1. The molecule has 0 aliphatic carbocycles. The first-order valence-corrected chi connectivity index (χ1v) is 13.4. The summed E-state index contributed by atoms with van der Waals surface area (Å²) >= 11 is 0. The minimum absolute atomic E-state index is 0.0247. The smallest absolute Gasteiger partial charge is 0.417 e. The Hall–Kier alpha value is -5.30. The molecule has 5 aromatic rings. The molecule has 0 fully saturated rings. The standard InChI is InChI=1S/C33H26F3N3O4/c1-4-38-28-11-10-25(14-23(28)15-30(38)32(41)42)43-24-7-5-6-21(13-24)29-16-27(33(34,35)36)26(17-37)31(40)39(29)18-22-9-8-19(2)12-20(22)3/h5-16H,4,18H2,1-3H3,(H,41,42). The van der Waals surface area contributed by atoms with Crippen LogP contribution < -0.4 is 10.3 Å². The van der Waals surface area contributed by atoms with Crippen molar-refractivity contribution in [1.29, 1.82) is 5.26 Å². The number of halogens is 3. The molecule has 43 heavy (non-hydrogen) atoms. The molecule has 0 bridgehead atoms. The van der Waals surface area contributed by atoms with E-state index >= 15 is 0 Å². The summed E-state index contributed by atoms with van der Waals surface area (Å²) in [4.78, 5) is 25.1. The number of hydrogen-bond donors (Lipinski definition) is 1. The summed E-state index contributed by atoms with van der Waals surface area (Å²) in [6.45, 7) is 6.02. The summed E-state index contributed by atoms with van der Waals surface area (Å²) in [5.74, 6) is -0.382. The molecule has 0 saturated carbocycles. The number of nitrogens with zero attached hydrogens (tertiary/aromatic N) is 3. The molecule has 2 heterocycles. The summed E-state index contributed by atoms with van der Waals surface area (Å²) < 4.78 is 50.9. The van der Waals surface area contributed by atoms with Gasteiger partial charge in [-0.25, -0.2) is 4.79 Å². The van der Waals surface area contributed by atoms with E-state index in [0.717, 1.165) is 22.8 Å². The Bertz CT molecular complexity index is 2000. The number of ether oxygens (including phenoxy) is 1. The number of fused-ring (bicyclic) bond motifs is 1. The van der Waals surface area contributed by atoms with Gasteiger partial charge in [-0.05, 0) is 74.4 Å². The largest absolute Gasteiger partial charge is 0.477 e. The number of carbonyl (C=O) groups is 1. The third-order valence-electron chi connectivity index (χ3n) is 7.32. The van der Waals surface area contributed by atoms with Crippen molar-refractivity contribution in [3.05, 3.63) is 117 Å². The second kappa shape index (κ2) is 11.2. The van der Waals surface area contributed by atoms with Crippen molar-refractivity contribution in [2.45, 2.75) is 40.0 Å². The maximum atomic E-state index is 14.0. The van der Waals surface area contributed by atoms with E-state index in [4.69, 9.17) is 4.74 Å². The summed E-state index contributed by atoms with van der Waals surface area (Å²) in [5, 5.41) is 19.7. The molecule has 5 rings (SSSR count). The van der Waals surface area contributed by atoms with Gasteiger partial charge in [-0.15, -0.1) is 0 Å². The highest BCUT2D eigenvalue weighted by atomic mass is 19.4. The van der Waals surface area contributed by atoms with Gasteiger partial charge >= 0.3 is 12.1 Å². The Labute approximate surface area is 244 Å². The van der Waals surface area contributed by atoms with E-state index in [1.54, 1.807) is 47.0 Å². The first-order valence-electron chi connectivity index (χ1n) is 13.4. The number of pyridine rings is 1. The molecule has 0 radical (unpaired) electrons. The van der Waals surface area contributed by atoms with Gasteiger partial charge in [0.05, 0.1) is 17.8 Å². The Morgan fingerprint density at radius 3 is 2.37 bits per heavy atom. The van der Waals surface area contributed by atoms with Crippen LogP contribution in [-0.4, -0.2) is 20.2 Å². The average Bonchev–Trinajstić information content (AvgIpc) is 3.33. The maximum absolute atomic E-state index is 14.0. The number of carboxylic acid groups (broad SMARTS) is 1. The number of hydrogen-bond acceptors (Lipinski definition) is 4. The van der Waals surface area contributed by atoms with Crippen molar-refractivity contribution in [3.63, 3.8) is 0 Å². The van der Waals surface area contributed by atoms with Crippen molar-refractivity contribution in [2.75, 3.05) is 0 Å². The van der Waals surface area contributed by atoms with Gasteiger partial charge in [0.25, 0.3) is 5.56 Å². The lowest BCUT2D eigenvalue weighted by atomic mass is 10.0. The molecule has 218 valence electrons. The molecule has 7 nitrogen and oxygen atoms in total. The van der Waals surface area contributed by atoms with Gasteiger partial charge in [-0.1, -0.05) is 35.9 Å². The zero-order chi connectivity index (χ0) is 31.1. The quantitative estimate of drug-likeness (QED) is 0.213. The molecule has 3 aromatic carbocycles. The van der Waals surface area contributed by atoms with Gasteiger partial charge in [0.1, 0.15) is 28.8 Å². The summed E-state index contributed by atoms with van der Waals surface area (Å²) in [5.41, 5.74) is 0.355. The lowest BCUT2D eigenvalue weighted by molar-refractivity contribution is -0.137. The average molecular weight is 586 g/mol. The second-order valence-corrected chi connectivity index (χ2v) is 10.2. The lowest BCUT2D eigenvalue weighted by Gasteiger charge is -2.19. The van der Waals surface area contributed by atoms with E-state index in [-0.39, 0.29) is 29.2 Å². The van der Waals surface area contributed by atoms with Gasteiger partial charge in [0, 0.05) is 23.0 Å². The topological polar surface area (TPSA) is 97.2 Å². The molecule has 0 amide bonds. The molecular weight excluding hydrogens is 559 g/mol. The number of aromatic nitrogens is 2. The predicted octanol–water partition coefficient (Wildman–Crippen LogP) is 7.54. The van der Waals surface area contributed by atoms with Gasteiger partial charge < -0.3 is 19.0 Å². The second-order valence-electron chi connectivity index (χ2n) is 10.2. The number of alkyl halides is 3. The van der Waals surface area contributed by atoms with Crippen molar-refractivity contribution in [1.82, 2.24) is 9.13 Å². The van der Waals surface area contributed by atoms with E-state index in [9.17, 15) is 33.1 Å². The summed E-state index contributed by atoms with van der Waals surface area (Å²) in [6, 6.07) is 20.8. The Morgan fingerprint density at radius 1 is 0.977 bits per heavy atom. The van der Waals surface area contributed by atoms with E-state index in [2.05, 4.69) is 0 Å². The van der Waals surface area contributed by atoms with Gasteiger partial charge in [-0.2, -0.15) is 18.4 Å². The molecule has 10 heteroatoms. The Balaban J connectivity index is 1.61. The normalized spacial score (nSPS) is 11.5. The molecular formula is C33H26F3N3O4. The molecule has 1 N–H and O–H groups in total. The van der Waals surface area contributed by atoms with E-state index < -0.39 is 28.8 Å². The SMILES string of the molecule is CCn1c(C(=O)O)cc2cc(Oc3cccc(-c4cc(C(F)(F)F)c(C#N)c(=O)n4Cc4ccc(C)cc4C)c3)ccc21. The van der Waals surface area contributed by atoms with Crippen LogP contribution in [0.15, 0.2) is 77.6 Å². The van der Waals surface area contributed by atoms with E-state index in [1.165, 1.54) is 16.7 Å². The summed E-state index contributed by atoms with van der Waals surface area (Å²) in [6.07, 6.45) is -4.93. The van der Waals surface area contributed by atoms with Gasteiger partial charge in [0.15, 0.2) is 0 Å². The van der Waals surface area contributed by atoms with Crippen LogP contribution in [0, 0.1) is 25.2 Å². The Morgan fingerprint density at radius 2 is 1.72 bits per heavy atom. The van der Waals surface area contributed by atoms with E-state index in [0.29, 0.717) is 23.2 Å². The number of aromatic carboxylic acids is 1. The van der Waals surface area contributed by atoms with Crippen molar-refractivity contribution in [3.8, 4) is 28.8 Å². The molecule has 0 aliphatic rings. The fourth-order valence-electron chi connectivity index (χ4n) is 5.25. The zero-order valence-corrected chi connectivity index (χ0v) is 23.5. The molecule has 0 atom stereocenters. The number of rotatable bonds is 7. The van der Waals surface area contributed by atoms with Crippen LogP contribution in [0.2, 0.25) is 0 Å². The van der Waals surface area contributed by atoms with Crippen molar-refractivity contribution >= 4 is 16.9 Å².